The molecular formula is C18H22N4O3S. The van der Waals surface area contributed by atoms with E-state index in [0.29, 0.717) is 51.5 Å². The quantitative estimate of drug-likeness (QED) is 0.875. The Labute approximate surface area is 156 Å². The molecule has 0 aromatic carbocycles. The third-order valence-electron chi connectivity index (χ3n) is 4.98. The normalized spacial score (nSPS) is 19.8. The summed E-state index contributed by atoms with van der Waals surface area (Å²) in [5.41, 5.74) is 1.42. The van der Waals surface area contributed by atoms with Crippen molar-refractivity contribution in [2.24, 2.45) is 5.92 Å². The Morgan fingerprint density at radius 3 is 2.96 bits per heavy atom. The molecule has 26 heavy (non-hydrogen) atoms. The van der Waals surface area contributed by atoms with Gasteiger partial charge in [-0.3, -0.25) is 9.59 Å². The zero-order valence-corrected chi connectivity index (χ0v) is 15.3. The fraction of sp³-hybridized carbons (Fsp3) is 0.500. The average Bonchev–Trinajstić information content (AvgIpc) is 3.35. The first-order chi connectivity index (χ1) is 12.7. The number of hydrogen-bond donors (Lipinski definition) is 1. The maximum Gasteiger partial charge on any atom is 0.272 e. The van der Waals surface area contributed by atoms with Gasteiger partial charge in [0, 0.05) is 24.5 Å². The molecule has 0 spiro atoms. The van der Waals surface area contributed by atoms with Crippen molar-refractivity contribution in [2.75, 3.05) is 26.3 Å². The van der Waals surface area contributed by atoms with Gasteiger partial charge in [0.25, 0.3) is 5.91 Å². The van der Waals surface area contributed by atoms with Crippen LogP contribution in [0.15, 0.2) is 23.8 Å². The van der Waals surface area contributed by atoms with Crippen LogP contribution in [-0.4, -0.2) is 52.6 Å². The number of nitrogens with one attached hydrogen (secondary N) is 1. The Bertz CT molecular complexity index is 780. The van der Waals surface area contributed by atoms with E-state index in [1.807, 2.05) is 27.0 Å². The minimum Gasteiger partial charge on any atom is -0.378 e. The molecule has 2 aliphatic rings. The lowest BCUT2D eigenvalue weighted by molar-refractivity contribution is -0.140. The summed E-state index contributed by atoms with van der Waals surface area (Å²) in [6, 6.07) is 3.96. The molecule has 2 aliphatic heterocycles. The fourth-order valence-electron chi connectivity index (χ4n) is 3.56. The maximum absolute atomic E-state index is 12.7. The van der Waals surface area contributed by atoms with Crippen LogP contribution >= 0.6 is 11.3 Å². The van der Waals surface area contributed by atoms with Crippen LogP contribution in [0.5, 0.6) is 0 Å². The second-order valence-corrected chi connectivity index (χ2v) is 7.66. The van der Waals surface area contributed by atoms with Gasteiger partial charge in [-0.15, -0.1) is 11.3 Å². The van der Waals surface area contributed by atoms with Crippen LogP contribution in [0.2, 0.25) is 0 Å². The van der Waals surface area contributed by atoms with E-state index in [9.17, 15) is 9.59 Å². The van der Waals surface area contributed by atoms with Gasteiger partial charge in [0.15, 0.2) is 0 Å². The highest BCUT2D eigenvalue weighted by Gasteiger charge is 2.31. The van der Waals surface area contributed by atoms with Gasteiger partial charge in [0.05, 0.1) is 37.7 Å². The Morgan fingerprint density at radius 1 is 1.35 bits per heavy atom. The molecule has 0 aliphatic carbocycles. The van der Waals surface area contributed by atoms with Gasteiger partial charge in [0.2, 0.25) is 5.91 Å². The lowest BCUT2D eigenvalue weighted by Crippen LogP contribution is -2.45. The number of morpholine rings is 1. The molecule has 0 radical (unpaired) electrons. The van der Waals surface area contributed by atoms with E-state index in [4.69, 9.17) is 4.74 Å². The maximum atomic E-state index is 12.7. The number of imidazole rings is 1. The lowest BCUT2D eigenvalue weighted by Gasteiger charge is -2.32. The number of ether oxygens (including phenoxy) is 1. The minimum atomic E-state index is -0.148. The van der Waals surface area contributed by atoms with E-state index >= 15 is 0 Å². The largest absolute Gasteiger partial charge is 0.378 e. The van der Waals surface area contributed by atoms with Crippen LogP contribution in [0.1, 0.15) is 27.5 Å². The third kappa shape index (κ3) is 3.52. The Morgan fingerprint density at radius 2 is 2.19 bits per heavy atom. The summed E-state index contributed by atoms with van der Waals surface area (Å²) in [5.74, 6) is -0.00159. The first kappa shape index (κ1) is 17.2. The first-order valence-electron chi connectivity index (χ1n) is 8.93. The molecule has 7 nitrogen and oxygen atoms in total. The number of fused-ring (bicyclic) bond motifs is 1. The Balaban J connectivity index is 1.39. The standard InChI is InChI=1S/C18H22N4O3S/c23-17(19-10-14-2-1-9-26-14)16-15-4-3-13(11-22(15)12-20-16)18(24)21-5-7-25-8-6-21/h1-2,9,12-13H,3-8,10-11H2,(H,19,23). The number of amides is 2. The molecule has 2 amide bonds. The van der Waals surface area contributed by atoms with Crippen molar-refractivity contribution in [3.63, 3.8) is 0 Å². The summed E-state index contributed by atoms with van der Waals surface area (Å²) < 4.78 is 7.28. The van der Waals surface area contributed by atoms with Crippen LogP contribution in [0.3, 0.4) is 0 Å². The SMILES string of the molecule is O=C(NCc1cccs1)c1ncn2c1CCC(C(=O)N1CCOCC1)C2. The third-order valence-corrected chi connectivity index (χ3v) is 5.86. The highest BCUT2D eigenvalue weighted by molar-refractivity contribution is 7.09. The van der Waals surface area contributed by atoms with Crippen LogP contribution in [0.25, 0.3) is 0 Å². The van der Waals surface area contributed by atoms with E-state index in [1.165, 1.54) is 0 Å². The Hall–Kier alpha value is -2.19. The van der Waals surface area contributed by atoms with E-state index in [2.05, 4.69) is 10.3 Å². The zero-order valence-electron chi connectivity index (χ0n) is 14.5. The summed E-state index contributed by atoms with van der Waals surface area (Å²) in [6.07, 6.45) is 3.14. The van der Waals surface area contributed by atoms with Crippen molar-refractivity contribution in [1.29, 1.82) is 0 Å². The van der Waals surface area contributed by atoms with Gasteiger partial charge in [0.1, 0.15) is 5.69 Å². The highest BCUT2D eigenvalue weighted by atomic mass is 32.1. The summed E-state index contributed by atoms with van der Waals surface area (Å²) in [6.45, 7) is 3.68. The average molecular weight is 374 g/mol. The van der Waals surface area contributed by atoms with Crippen molar-refractivity contribution in [1.82, 2.24) is 19.8 Å². The van der Waals surface area contributed by atoms with E-state index < -0.39 is 0 Å². The van der Waals surface area contributed by atoms with Crippen molar-refractivity contribution in [3.8, 4) is 0 Å². The van der Waals surface area contributed by atoms with E-state index in [1.54, 1.807) is 17.7 Å². The van der Waals surface area contributed by atoms with Crippen LogP contribution in [-0.2, 0) is 29.0 Å². The molecule has 0 bridgehead atoms. The first-order valence-corrected chi connectivity index (χ1v) is 9.81. The number of carbonyl (C=O) groups excluding carboxylic acids is 2. The molecule has 0 saturated carbocycles. The van der Waals surface area contributed by atoms with Gasteiger partial charge < -0.3 is 19.5 Å². The van der Waals surface area contributed by atoms with Gasteiger partial charge in [-0.1, -0.05) is 6.07 Å². The molecule has 2 aromatic rings. The molecule has 1 saturated heterocycles. The number of nitrogens with zero attached hydrogens (tertiary/aromatic N) is 3. The topological polar surface area (TPSA) is 76.5 Å². The molecule has 138 valence electrons. The number of thiophene rings is 1. The van der Waals surface area contributed by atoms with E-state index in [0.717, 1.165) is 17.0 Å². The van der Waals surface area contributed by atoms with Crippen molar-refractivity contribution < 1.29 is 14.3 Å². The minimum absolute atomic E-state index is 0.0446. The number of carbonyl (C=O) groups is 2. The van der Waals surface area contributed by atoms with Crippen molar-refractivity contribution >= 4 is 23.2 Å². The summed E-state index contributed by atoms with van der Waals surface area (Å²) in [4.78, 5) is 32.5. The molecule has 4 heterocycles. The second kappa shape index (κ2) is 7.59. The molecule has 1 N–H and O–H groups in total. The molecule has 1 atom stereocenters. The summed E-state index contributed by atoms with van der Waals surface area (Å²) >= 11 is 1.62. The van der Waals surface area contributed by atoms with Crippen LogP contribution in [0.4, 0.5) is 0 Å². The molecule has 1 unspecified atom stereocenters. The monoisotopic (exact) mass is 374 g/mol. The highest BCUT2D eigenvalue weighted by Crippen LogP contribution is 2.24. The molecule has 4 rings (SSSR count). The smallest absolute Gasteiger partial charge is 0.272 e. The predicted octanol–water partition coefficient (Wildman–Crippen LogP) is 1.30. The van der Waals surface area contributed by atoms with E-state index in [-0.39, 0.29) is 17.7 Å². The van der Waals surface area contributed by atoms with Crippen LogP contribution in [0, 0.1) is 5.92 Å². The predicted molar refractivity (Wildman–Crippen MR) is 96.9 cm³/mol. The number of aromatic nitrogens is 2. The van der Waals surface area contributed by atoms with Gasteiger partial charge in [-0.05, 0) is 24.3 Å². The molecule has 1 fully saturated rings. The van der Waals surface area contributed by atoms with Gasteiger partial charge in [-0.25, -0.2) is 4.98 Å². The number of rotatable bonds is 4. The van der Waals surface area contributed by atoms with Crippen LogP contribution < -0.4 is 5.32 Å². The van der Waals surface area contributed by atoms with Gasteiger partial charge in [-0.2, -0.15) is 0 Å². The second-order valence-electron chi connectivity index (χ2n) is 6.63. The number of hydrogen-bond acceptors (Lipinski definition) is 5. The fourth-order valence-corrected chi connectivity index (χ4v) is 4.21. The summed E-state index contributed by atoms with van der Waals surface area (Å²) in [7, 11) is 0. The lowest BCUT2D eigenvalue weighted by atomic mass is 9.95. The zero-order chi connectivity index (χ0) is 17.9. The van der Waals surface area contributed by atoms with Gasteiger partial charge >= 0.3 is 0 Å². The molecular weight excluding hydrogens is 352 g/mol. The Kier molecular flexibility index (Phi) is 5.03. The molecule has 8 heteroatoms. The van der Waals surface area contributed by atoms with Crippen molar-refractivity contribution in [3.05, 3.63) is 40.1 Å². The molecule has 2 aromatic heterocycles. The summed E-state index contributed by atoms with van der Waals surface area (Å²) in [5, 5.41) is 4.92. The van der Waals surface area contributed by atoms with Crippen molar-refractivity contribution in [2.45, 2.75) is 25.9 Å².